The Morgan fingerprint density at radius 2 is 2.05 bits per heavy atom. The van der Waals surface area contributed by atoms with Crippen LogP contribution in [0.15, 0.2) is 24.3 Å². The predicted octanol–water partition coefficient (Wildman–Crippen LogP) is 3.39. The lowest BCUT2D eigenvalue weighted by Gasteiger charge is -2.22. The fourth-order valence-electron chi connectivity index (χ4n) is 2.21. The topological polar surface area (TPSA) is 52.6 Å². The number of amides is 2. The van der Waals surface area contributed by atoms with E-state index in [2.05, 4.69) is 12.2 Å². The smallest absolute Gasteiger partial charge is 0.321 e. The molecule has 1 fully saturated rings. The van der Waals surface area contributed by atoms with E-state index < -0.39 is 6.10 Å². The van der Waals surface area contributed by atoms with Crippen LogP contribution >= 0.6 is 0 Å². The quantitative estimate of drug-likeness (QED) is 0.836. The van der Waals surface area contributed by atoms with Crippen molar-refractivity contribution in [3.05, 3.63) is 29.8 Å². The summed E-state index contributed by atoms with van der Waals surface area (Å²) < 4.78 is 0. The number of rotatable bonds is 6. The van der Waals surface area contributed by atoms with E-state index in [-0.39, 0.29) is 6.03 Å². The normalized spacial score (nSPS) is 15.8. The number of nitrogens with zero attached hydrogens (tertiary/aromatic N) is 1. The molecule has 0 heterocycles. The minimum Gasteiger partial charge on any atom is -0.389 e. The maximum atomic E-state index is 12.3. The van der Waals surface area contributed by atoms with Crippen LogP contribution < -0.4 is 5.32 Å². The molecule has 1 atom stereocenters. The average Bonchev–Trinajstić information content (AvgIpc) is 3.23. The van der Waals surface area contributed by atoms with Crippen LogP contribution in [0.25, 0.3) is 0 Å². The number of aliphatic hydroxyl groups is 1. The van der Waals surface area contributed by atoms with Crippen molar-refractivity contribution in [2.75, 3.05) is 18.4 Å². The lowest BCUT2D eigenvalue weighted by atomic mass is 10.1. The molecule has 1 aliphatic rings. The predicted molar refractivity (Wildman–Crippen MR) is 80.7 cm³/mol. The highest BCUT2D eigenvalue weighted by molar-refractivity contribution is 5.89. The van der Waals surface area contributed by atoms with Gasteiger partial charge >= 0.3 is 6.03 Å². The first-order valence-electron chi connectivity index (χ1n) is 7.44. The van der Waals surface area contributed by atoms with E-state index in [1.54, 1.807) is 6.92 Å². The van der Waals surface area contributed by atoms with Gasteiger partial charge in [0.2, 0.25) is 0 Å². The first-order valence-corrected chi connectivity index (χ1v) is 7.44. The summed E-state index contributed by atoms with van der Waals surface area (Å²) in [4.78, 5) is 14.2. The molecule has 0 saturated heterocycles. The Hall–Kier alpha value is -1.55. The van der Waals surface area contributed by atoms with Gasteiger partial charge in [-0.25, -0.2) is 4.79 Å². The number of aliphatic hydroxyl groups excluding tert-OH is 1. The summed E-state index contributed by atoms with van der Waals surface area (Å²) in [5, 5.41) is 12.4. The largest absolute Gasteiger partial charge is 0.389 e. The van der Waals surface area contributed by atoms with Gasteiger partial charge in [-0.15, -0.1) is 0 Å². The van der Waals surface area contributed by atoms with Crippen LogP contribution in [0.3, 0.4) is 0 Å². The van der Waals surface area contributed by atoms with Gasteiger partial charge in [0.25, 0.3) is 0 Å². The molecule has 4 nitrogen and oxygen atoms in total. The highest BCUT2D eigenvalue weighted by atomic mass is 16.3. The van der Waals surface area contributed by atoms with Gasteiger partial charge < -0.3 is 15.3 Å². The molecule has 0 aromatic heterocycles. The molecule has 2 rings (SSSR count). The molecule has 4 heteroatoms. The second-order valence-corrected chi connectivity index (χ2v) is 5.62. The molecular formula is C16H24N2O2. The number of hydrogen-bond donors (Lipinski definition) is 2. The van der Waals surface area contributed by atoms with Gasteiger partial charge in [-0.05, 0) is 49.8 Å². The fourth-order valence-corrected chi connectivity index (χ4v) is 2.21. The maximum Gasteiger partial charge on any atom is 0.321 e. The Bertz CT molecular complexity index is 438. The van der Waals surface area contributed by atoms with E-state index in [9.17, 15) is 9.90 Å². The van der Waals surface area contributed by atoms with Crippen LogP contribution in [-0.2, 0) is 0 Å². The lowest BCUT2D eigenvalue weighted by Crippen LogP contribution is -2.37. The summed E-state index contributed by atoms with van der Waals surface area (Å²) in [6.45, 7) is 5.48. The summed E-state index contributed by atoms with van der Waals surface area (Å²) >= 11 is 0. The summed E-state index contributed by atoms with van der Waals surface area (Å²) in [6.07, 6.45) is 2.99. The molecule has 2 N–H and O–H groups in total. The minimum absolute atomic E-state index is 0.0245. The zero-order chi connectivity index (χ0) is 14.5. The monoisotopic (exact) mass is 276 g/mol. The molecule has 2 amide bonds. The zero-order valence-corrected chi connectivity index (χ0v) is 12.3. The summed E-state index contributed by atoms with van der Waals surface area (Å²) in [7, 11) is 0. The Morgan fingerprint density at radius 1 is 1.40 bits per heavy atom. The molecule has 1 aromatic carbocycles. The van der Waals surface area contributed by atoms with Crippen molar-refractivity contribution < 1.29 is 9.90 Å². The summed E-state index contributed by atoms with van der Waals surface area (Å²) in [6, 6.07) is 7.32. The molecule has 1 aromatic rings. The third-order valence-corrected chi connectivity index (χ3v) is 3.60. The molecule has 0 spiro atoms. The van der Waals surface area contributed by atoms with Crippen molar-refractivity contribution in [2.45, 2.75) is 39.2 Å². The van der Waals surface area contributed by atoms with Crippen LogP contribution in [0.5, 0.6) is 0 Å². The van der Waals surface area contributed by atoms with Crippen LogP contribution in [0.2, 0.25) is 0 Å². The molecule has 110 valence electrons. The van der Waals surface area contributed by atoms with Crippen LogP contribution in [0.1, 0.15) is 44.8 Å². The number of carbonyl (C=O) groups excluding carboxylic acids is 1. The van der Waals surface area contributed by atoms with Crippen molar-refractivity contribution in [1.82, 2.24) is 4.90 Å². The van der Waals surface area contributed by atoms with Gasteiger partial charge in [-0.1, -0.05) is 19.1 Å². The SMILES string of the molecule is CCCN(CC1CC1)C(=O)Nc1ccc(C(C)O)cc1. The van der Waals surface area contributed by atoms with Crippen molar-refractivity contribution in [2.24, 2.45) is 5.92 Å². The first-order chi connectivity index (χ1) is 9.60. The third-order valence-electron chi connectivity index (χ3n) is 3.60. The van der Waals surface area contributed by atoms with Gasteiger partial charge in [0.05, 0.1) is 6.10 Å². The highest BCUT2D eigenvalue weighted by Crippen LogP contribution is 2.30. The van der Waals surface area contributed by atoms with E-state index in [4.69, 9.17) is 0 Å². The van der Waals surface area contributed by atoms with Crippen molar-refractivity contribution in [3.8, 4) is 0 Å². The van der Waals surface area contributed by atoms with E-state index in [0.29, 0.717) is 5.92 Å². The molecule has 0 bridgehead atoms. The van der Waals surface area contributed by atoms with Crippen molar-refractivity contribution in [3.63, 3.8) is 0 Å². The fraction of sp³-hybridized carbons (Fsp3) is 0.562. The molecule has 1 unspecified atom stereocenters. The van der Waals surface area contributed by atoms with E-state index in [0.717, 1.165) is 30.8 Å². The van der Waals surface area contributed by atoms with Gasteiger partial charge in [-0.2, -0.15) is 0 Å². The van der Waals surface area contributed by atoms with Crippen LogP contribution in [0.4, 0.5) is 10.5 Å². The summed E-state index contributed by atoms with van der Waals surface area (Å²) in [5.41, 5.74) is 1.63. The van der Waals surface area contributed by atoms with Gasteiger partial charge in [-0.3, -0.25) is 0 Å². The van der Waals surface area contributed by atoms with Crippen LogP contribution in [0, 0.1) is 5.92 Å². The Balaban J connectivity index is 1.93. The van der Waals surface area contributed by atoms with E-state index >= 15 is 0 Å². The number of carbonyl (C=O) groups is 1. The van der Waals surface area contributed by atoms with E-state index in [1.807, 2.05) is 29.2 Å². The first kappa shape index (κ1) is 14.9. The Kier molecular flexibility index (Phi) is 5.01. The standard InChI is InChI=1S/C16H24N2O2/c1-3-10-18(11-13-4-5-13)16(20)17-15-8-6-14(7-9-15)12(2)19/h6-9,12-13,19H,3-5,10-11H2,1-2H3,(H,17,20). The maximum absolute atomic E-state index is 12.3. The van der Waals surface area contributed by atoms with E-state index in [1.165, 1.54) is 12.8 Å². The second-order valence-electron chi connectivity index (χ2n) is 5.62. The number of benzene rings is 1. The number of urea groups is 1. The number of nitrogens with one attached hydrogen (secondary N) is 1. The highest BCUT2D eigenvalue weighted by Gasteiger charge is 2.26. The van der Waals surface area contributed by atoms with Gasteiger partial charge in [0.1, 0.15) is 0 Å². The lowest BCUT2D eigenvalue weighted by molar-refractivity contribution is 0.199. The van der Waals surface area contributed by atoms with Gasteiger partial charge in [0.15, 0.2) is 0 Å². The third kappa shape index (κ3) is 4.23. The molecular weight excluding hydrogens is 252 g/mol. The van der Waals surface area contributed by atoms with Crippen LogP contribution in [-0.4, -0.2) is 29.1 Å². The Labute approximate surface area is 120 Å². The van der Waals surface area contributed by atoms with Crippen molar-refractivity contribution >= 4 is 11.7 Å². The molecule has 0 aliphatic heterocycles. The molecule has 1 aliphatic carbocycles. The molecule has 0 radical (unpaired) electrons. The van der Waals surface area contributed by atoms with Crippen molar-refractivity contribution in [1.29, 1.82) is 0 Å². The Morgan fingerprint density at radius 3 is 2.55 bits per heavy atom. The average molecular weight is 276 g/mol. The second kappa shape index (κ2) is 6.75. The number of anilines is 1. The zero-order valence-electron chi connectivity index (χ0n) is 12.3. The minimum atomic E-state index is -0.480. The molecule has 20 heavy (non-hydrogen) atoms. The van der Waals surface area contributed by atoms with Gasteiger partial charge in [0, 0.05) is 18.8 Å². The molecule has 1 saturated carbocycles. The number of hydrogen-bond acceptors (Lipinski definition) is 2. The summed E-state index contributed by atoms with van der Waals surface area (Å²) in [5.74, 6) is 0.699.